The maximum absolute atomic E-state index is 11.8. The largest absolute Gasteiger partial charge is 0.481 e. The van der Waals surface area contributed by atoms with E-state index in [1.54, 1.807) is 24.3 Å². The molecular formula is C15H23N3O3. The lowest BCUT2D eigenvalue weighted by molar-refractivity contribution is -0.136. The molecule has 0 fully saturated rings. The number of hydrogen-bond donors (Lipinski definition) is 3. The molecule has 0 heterocycles. The number of nitrogens with one attached hydrogen (secondary N) is 2. The Hall–Kier alpha value is -2.08. The van der Waals surface area contributed by atoms with Gasteiger partial charge in [-0.05, 0) is 45.1 Å². The number of unbranched alkanes of at least 4 members (excludes halogenated alkanes) is 1. The van der Waals surface area contributed by atoms with E-state index in [0.29, 0.717) is 17.8 Å². The number of aliphatic carboxylic acids is 1. The van der Waals surface area contributed by atoms with Gasteiger partial charge in [-0.1, -0.05) is 18.2 Å². The number of carbonyl (C=O) groups excluding carboxylic acids is 1. The quantitative estimate of drug-likeness (QED) is 0.638. The lowest BCUT2D eigenvalue weighted by Gasteiger charge is -2.12. The molecule has 21 heavy (non-hydrogen) atoms. The van der Waals surface area contributed by atoms with E-state index in [0.717, 1.165) is 19.4 Å². The Bertz CT molecular complexity index is 475. The van der Waals surface area contributed by atoms with Crippen molar-refractivity contribution in [3.05, 3.63) is 29.8 Å². The maximum atomic E-state index is 11.8. The molecule has 0 aliphatic rings. The summed E-state index contributed by atoms with van der Waals surface area (Å²) in [5.41, 5.74) is 1.12. The van der Waals surface area contributed by atoms with Crippen molar-refractivity contribution < 1.29 is 14.7 Å². The topological polar surface area (TPSA) is 81.7 Å². The fraction of sp³-hybridized carbons (Fsp3) is 0.467. The molecule has 0 aromatic heterocycles. The third-order valence-electron chi connectivity index (χ3n) is 2.92. The van der Waals surface area contributed by atoms with Crippen LogP contribution in [0.5, 0.6) is 0 Å². The summed E-state index contributed by atoms with van der Waals surface area (Å²) in [5, 5.41) is 14.3. The molecule has 0 radical (unpaired) electrons. The van der Waals surface area contributed by atoms with Gasteiger partial charge in [0.2, 0.25) is 0 Å². The summed E-state index contributed by atoms with van der Waals surface area (Å²) in [6.45, 7) is 1.59. The molecule has 116 valence electrons. The van der Waals surface area contributed by atoms with Gasteiger partial charge >= 0.3 is 12.0 Å². The van der Waals surface area contributed by atoms with Gasteiger partial charge in [0.05, 0.1) is 6.42 Å². The Balaban J connectivity index is 2.39. The molecule has 1 aromatic rings. The van der Waals surface area contributed by atoms with Gasteiger partial charge in [0, 0.05) is 12.2 Å². The van der Waals surface area contributed by atoms with Crippen LogP contribution in [0.3, 0.4) is 0 Å². The summed E-state index contributed by atoms with van der Waals surface area (Å²) in [5.74, 6) is -0.923. The molecule has 0 saturated heterocycles. The highest BCUT2D eigenvalue weighted by Gasteiger charge is 2.08. The van der Waals surface area contributed by atoms with Crippen LogP contribution in [0.2, 0.25) is 0 Å². The summed E-state index contributed by atoms with van der Waals surface area (Å²) in [4.78, 5) is 24.6. The van der Waals surface area contributed by atoms with E-state index in [1.165, 1.54) is 0 Å². The van der Waals surface area contributed by atoms with Crippen molar-refractivity contribution in [3.63, 3.8) is 0 Å². The summed E-state index contributed by atoms with van der Waals surface area (Å²) >= 11 is 0. The molecular weight excluding hydrogens is 270 g/mol. The maximum Gasteiger partial charge on any atom is 0.319 e. The van der Waals surface area contributed by atoms with Crippen LogP contribution in [-0.4, -0.2) is 49.2 Å². The van der Waals surface area contributed by atoms with Crippen LogP contribution in [0, 0.1) is 0 Å². The Morgan fingerprint density at radius 1 is 1.19 bits per heavy atom. The number of urea groups is 1. The first-order valence-electron chi connectivity index (χ1n) is 6.98. The monoisotopic (exact) mass is 293 g/mol. The number of carbonyl (C=O) groups is 2. The minimum atomic E-state index is -0.923. The van der Waals surface area contributed by atoms with Crippen LogP contribution in [0.15, 0.2) is 24.3 Å². The number of rotatable bonds is 8. The summed E-state index contributed by atoms with van der Waals surface area (Å²) in [7, 11) is 4.03. The first kappa shape index (κ1) is 17.0. The minimum Gasteiger partial charge on any atom is -0.481 e. The van der Waals surface area contributed by atoms with Gasteiger partial charge < -0.3 is 20.6 Å². The zero-order chi connectivity index (χ0) is 15.7. The molecule has 0 aliphatic heterocycles. The van der Waals surface area contributed by atoms with Gasteiger partial charge in [0.15, 0.2) is 0 Å². The minimum absolute atomic E-state index is 0.112. The second kappa shape index (κ2) is 8.97. The van der Waals surface area contributed by atoms with Crippen molar-refractivity contribution in [2.24, 2.45) is 0 Å². The summed E-state index contributed by atoms with van der Waals surface area (Å²) in [6, 6.07) is 6.60. The van der Waals surface area contributed by atoms with Crippen molar-refractivity contribution in [1.29, 1.82) is 0 Å². The molecule has 6 nitrogen and oxygen atoms in total. The molecule has 2 amide bonds. The average molecular weight is 293 g/mol. The molecule has 6 heteroatoms. The Labute approximate surface area is 125 Å². The standard InChI is InChI=1S/C15H23N3O3/c1-18(2)10-6-5-9-16-15(21)17-13-8-4-3-7-12(13)11-14(19)20/h3-4,7-8H,5-6,9-11H2,1-2H3,(H,19,20)(H2,16,17,21). The Morgan fingerprint density at radius 2 is 1.90 bits per heavy atom. The highest BCUT2D eigenvalue weighted by molar-refractivity contribution is 5.90. The third-order valence-corrected chi connectivity index (χ3v) is 2.92. The second-order valence-corrected chi connectivity index (χ2v) is 5.12. The smallest absolute Gasteiger partial charge is 0.319 e. The van der Waals surface area contributed by atoms with E-state index in [1.807, 2.05) is 14.1 Å². The normalized spacial score (nSPS) is 10.4. The van der Waals surface area contributed by atoms with E-state index in [2.05, 4.69) is 15.5 Å². The van der Waals surface area contributed by atoms with Gasteiger partial charge in [-0.25, -0.2) is 4.79 Å². The van der Waals surface area contributed by atoms with Gasteiger partial charge in [-0.15, -0.1) is 0 Å². The van der Waals surface area contributed by atoms with Crippen molar-refractivity contribution in [2.75, 3.05) is 32.5 Å². The molecule has 0 unspecified atom stereocenters. The predicted octanol–water partition coefficient (Wildman–Crippen LogP) is 1.78. The molecule has 1 rings (SSSR count). The molecule has 0 spiro atoms. The highest BCUT2D eigenvalue weighted by Crippen LogP contribution is 2.15. The van der Waals surface area contributed by atoms with Gasteiger partial charge in [-0.3, -0.25) is 4.79 Å². The van der Waals surface area contributed by atoms with Crippen molar-refractivity contribution >= 4 is 17.7 Å². The molecule has 1 aromatic carbocycles. The lowest BCUT2D eigenvalue weighted by atomic mass is 10.1. The van der Waals surface area contributed by atoms with Crippen molar-refractivity contribution in [1.82, 2.24) is 10.2 Å². The Morgan fingerprint density at radius 3 is 2.57 bits per heavy atom. The number of benzene rings is 1. The fourth-order valence-corrected chi connectivity index (χ4v) is 1.88. The van der Waals surface area contributed by atoms with Crippen molar-refractivity contribution in [2.45, 2.75) is 19.3 Å². The van der Waals surface area contributed by atoms with E-state index < -0.39 is 5.97 Å². The molecule has 3 N–H and O–H groups in total. The number of nitrogens with zero attached hydrogens (tertiary/aromatic N) is 1. The summed E-state index contributed by atoms with van der Waals surface area (Å²) < 4.78 is 0. The van der Waals surface area contributed by atoms with E-state index in [9.17, 15) is 9.59 Å². The lowest BCUT2D eigenvalue weighted by Crippen LogP contribution is -2.30. The molecule has 0 bridgehead atoms. The number of hydrogen-bond acceptors (Lipinski definition) is 3. The van der Waals surface area contributed by atoms with Crippen LogP contribution in [-0.2, 0) is 11.2 Å². The number of carboxylic acid groups (broad SMARTS) is 1. The van der Waals surface area contributed by atoms with E-state index in [-0.39, 0.29) is 12.5 Å². The molecule has 0 saturated carbocycles. The van der Waals surface area contributed by atoms with Crippen LogP contribution < -0.4 is 10.6 Å². The van der Waals surface area contributed by atoms with Crippen LogP contribution in [0.25, 0.3) is 0 Å². The second-order valence-electron chi connectivity index (χ2n) is 5.12. The zero-order valence-corrected chi connectivity index (χ0v) is 12.6. The first-order valence-corrected chi connectivity index (χ1v) is 6.98. The zero-order valence-electron chi connectivity index (χ0n) is 12.6. The Kier molecular flexibility index (Phi) is 7.25. The van der Waals surface area contributed by atoms with Crippen LogP contribution in [0.4, 0.5) is 10.5 Å². The van der Waals surface area contributed by atoms with Gasteiger partial charge in [-0.2, -0.15) is 0 Å². The number of amides is 2. The number of para-hydroxylation sites is 1. The predicted molar refractivity (Wildman–Crippen MR) is 82.6 cm³/mol. The molecule has 0 atom stereocenters. The van der Waals surface area contributed by atoms with E-state index in [4.69, 9.17) is 5.11 Å². The molecule has 0 aliphatic carbocycles. The third kappa shape index (κ3) is 7.31. The SMILES string of the molecule is CN(C)CCCCNC(=O)Nc1ccccc1CC(=O)O. The average Bonchev–Trinajstić information content (AvgIpc) is 2.39. The van der Waals surface area contributed by atoms with Crippen LogP contribution in [0.1, 0.15) is 18.4 Å². The van der Waals surface area contributed by atoms with Gasteiger partial charge in [0.1, 0.15) is 0 Å². The fourth-order valence-electron chi connectivity index (χ4n) is 1.88. The van der Waals surface area contributed by atoms with Crippen LogP contribution >= 0.6 is 0 Å². The van der Waals surface area contributed by atoms with Crippen molar-refractivity contribution in [3.8, 4) is 0 Å². The highest BCUT2D eigenvalue weighted by atomic mass is 16.4. The first-order chi connectivity index (χ1) is 9.99. The van der Waals surface area contributed by atoms with E-state index >= 15 is 0 Å². The number of carboxylic acids is 1. The number of anilines is 1. The van der Waals surface area contributed by atoms with Gasteiger partial charge in [0.25, 0.3) is 0 Å². The summed E-state index contributed by atoms with van der Waals surface area (Å²) in [6.07, 6.45) is 1.81.